The molecule has 3 unspecified atom stereocenters. The van der Waals surface area contributed by atoms with E-state index in [2.05, 4.69) is 232 Å². The summed E-state index contributed by atoms with van der Waals surface area (Å²) >= 11 is 0. The Morgan fingerprint density at radius 2 is 1.24 bits per heavy atom. The van der Waals surface area contributed by atoms with Gasteiger partial charge in [0, 0.05) is 67.4 Å². The highest BCUT2D eigenvalue weighted by Gasteiger charge is 2.38. The molecule has 0 saturated heterocycles. The van der Waals surface area contributed by atoms with Crippen molar-refractivity contribution in [1.29, 1.82) is 0 Å². The fourth-order valence-corrected chi connectivity index (χ4v) is 9.68. The molecule has 0 N–H and O–H groups in total. The second-order valence-corrected chi connectivity index (χ2v) is 15.6. The largest absolute Gasteiger partial charge is 0.334 e. The molecule has 2 heterocycles. The fourth-order valence-electron chi connectivity index (χ4n) is 9.68. The molecule has 4 heteroatoms. The highest BCUT2D eigenvalue weighted by atomic mass is 15.2. The molecule has 1 aliphatic heterocycles. The SMILES string of the molecule is C1=CCCC(n2c3c(c4ccccc42)=CC(N(c2ccccc2)c2ccc(N(c4ccccc4)c4ccc5c(c4)C4C=CC=CC4N5c4ccccc4)cc2)CC=3)=C1. The average molecular weight is 749 g/mol. The molecule has 3 atom stereocenters. The number of aromatic nitrogens is 1. The smallest absolute Gasteiger partial charge is 0.0629 e. The Hall–Kier alpha value is -7.04. The maximum Gasteiger partial charge on any atom is 0.0629 e. The minimum atomic E-state index is 0.139. The number of anilines is 7. The first kappa shape index (κ1) is 34.2. The molecular weight excluding hydrogens is 705 g/mol. The minimum Gasteiger partial charge on any atom is -0.334 e. The monoisotopic (exact) mass is 748 g/mol. The standard InChI is InChI=1S/C54H44N4/c1-5-17-39(18-6-1)55(45-33-35-53-49(37-45)47-25-13-15-27-51(47)57(53)41-21-9-3-10-22-41)43-29-31-44(32-30-43)56(40-19-7-2-8-20-40)46-34-36-54-50(38-46)48-26-14-16-28-52(48)58(54)42-23-11-4-12-24-42/h1-11,13-23,25-33,35-38,46-47,51H,12,24,34H2. The van der Waals surface area contributed by atoms with Crippen LogP contribution in [-0.2, 0) is 0 Å². The van der Waals surface area contributed by atoms with Crippen LogP contribution in [0.4, 0.5) is 39.8 Å². The van der Waals surface area contributed by atoms with Gasteiger partial charge in [0.05, 0.1) is 17.6 Å². The lowest BCUT2D eigenvalue weighted by Gasteiger charge is -2.33. The molecule has 0 spiro atoms. The van der Waals surface area contributed by atoms with Crippen molar-refractivity contribution >= 4 is 68.6 Å². The van der Waals surface area contributed by atoms with Gasteiger partial charge >= 0.3 is 0 Å². The van der Waals surface area contributed by atoms with Gasteiger partial charge in [0.1, 0.15) is 0 Å². The fraction of sp³-hybridized carbons (Fsp3) is 0.111. The van der Waals surface area contributed by atoms with Crippen molar-refractivity contribution in [3.8, 4) is 0 Å². The number of hydrogen-bond acceptors (Lipinski definition) is 3. The lowest BCUT2D eigenvalue weighted by molar-refractivity contribution is 0.745. The Kier molecular flexibility index (Phi) is 8.54. The third-order valence-electron chi connectivity index (χ3n) is 12.2. The zero-order valence-electron chi connectivity index (χ0n) is 32.3. The van der Waals surface area contributed by atoms with Crippen LogP contribution in [0.5, 0.6) is 0 Å². The van der Waals surface area contributed by atoms with E-state index in [4.69, 9.17) is 0 Å². The molecule has 3 aliphatic carbocycles. The van der Waals surface area contributed by atoms with Crippen LogP contribution >= 0.6 is 0 Å². The highest BCUT2D eigenvalue weighted by molar-refractivity contribution is 5.88. The lowest BCUT2D eigenvalue weighted by Crippen LogP contribution is -2.39. The Labute approximate surface area is 340 Å². The molecule has 0 saturated carbocycles. The van der Waals surface area contributed by atoms with Crippen LogP contribution in [0.15, 0.2) is 200 Å². The zero-order valence-corrected chi connectivity index (χ0v) is 32.3. The average Bonchev–Trinajstić information content (AvgIpc) is 3.81. The molecule has 11 rings (SSSR count). The Morgan fingerprint density at radius 1 is 0.586 bits per heavy atom. The second kappa shape index (κ2) is 14.5. The summed E-state index contributed by atoms with van der Waals surface area (Å²) in [6.45, 7) is 0. The van der Waals surface area contributed by atoms with Crippen molar-refractivity contribution in [2.24, 2.45) is 0 Å². The first-order valence-corrected chi connectivity index (χ1v) is 20.6. The summed E-state index contributed by atoms with van der Waals surface area (Å²) in [5, 5.41) is 3.94. The van der Waals surface area contributed by atoms with Crippen LogP contribution < -0.4 is 25.3 Å². The molecule has 280 valence electrons. The molecule has 1 aromatic heterocycles. The normalized spacial score (nSPS) is 18.8. The summed E-state index contributed by atoms with van der Waals surface area (Å²) in [4.78, 5) is 7.41. The number of hydrogen-bond donors (Lipinski definition) is 0. The highest BCUT2D eigenvalue weighted by Crippen LogP contribution is 2.50. The van der Waals surface area contributed by atoms with Gasteiger partial charge < -0.3 is 19.3 Å². The maximum absolute atomic E-state index is 2.52. The van der Waals surface area contributed by atoms with E-state index >= 15 is 0 Å². The van der Waals surface area contributed by atoms with Crippen molar-refractivity contribution < 1.29 is 0 Å². The minimum absolute atomic E-state index is 0.139. The third-order valence-corrected chi connectivity index (χ3v) is 12.2. The molecule has 0 fully saturated rings. The lowest BCUT2D eigenvalue weighted by atomic mass is 9.91. The van der Waals surface area contributed by atoms with Crippen molar-refractivity contribution in [3.05, 3.63) is 216 Å². The van der Waals surface area contributed by atoms with Crippen LogP contribution in [0.2, 0.25) is 0 Å². The molecule has 4 nitrogen and oxygen atoms in total. The van der Waals surface area contributed by atoms with Gasteiger partial charge in [0.25, 0.3) is 0 Å². The first-order chi connectivity index (χ1) is 28.8. The molecular formula is C54H44N4. The number of fused-ring (bicyclic) bond motifs is 6. The van der Waals surface area contributed by atoms with E-state index in [1.165, 1.54) is 55.5 Å². The number of rotatable bonds is 8. The summed E-state index contributed by atoms with van der Waals surface area (Å²) in [7, 11) is 0. The van der Waals surface area contributed by atoms with Crippen molar-refractivity contribution in [2.75, 3.05) is 14.7 Å². The summed E-state index contributed by atoms with van der Waals surface area (Å²) < 4.78 is 2.50. The summed E-state index contributed by atoms with van der Waals surface area (Å²) in [6, 6.07) is 57.9. The molecule has 0 bridgehead atoms. The Bertz CT molecular complexity index is 2880. The van der Waals surface area contributed by atoms with E-state index in [0.29, 0.717) is 0 Å². The van der Waals surface area contributed by atoms with Gasteiger partial charge in [-0.05, 0) is 116 Å². The molecule has 7 aromatic rings. The predicted octanol–water partition coefficient (Wildman–Crippen LogP) is 12.2. The first-order valence-electron chi connectivity index (χ1n) is 20.6. The van der Waals surface area contributed by atoms with Gasteiger partial charge in [0.15, 0.2) is 0 Å². The summed E-state index contributed by atoms with van der Waals surface area (Å²) in [6.07, 6.45) is 23.9. The van der Waals surface area contributed by atoms with E-state index in [0.717, 1.165) is 36.3 Å². The van der Waals surface area contributed by atoms with E-state index in [1.807, 2.05) is 0 Å². The number of allylic oxidation sites excluding steroid dienone is 6. The van der Waals surface area contributed by atoms with E-state index in [1.54, 1.807) is 0 Å². The van der Waals surface area contributed by atoms with Gasteiger partial charge in [-0.25, -0.2) is 0 Å². The summed E-state index contributed by atoms with van der Waals surface area (Å²) in [5.74, 6) is 0.272. The number of para-hydroxylation sites is 4. The zero-order chi connectivity index (χ0) is 38.4. The summed E-state index contributed by atoms with van der Waals surface area (Å²) in [5.41, 5.74) is 12.2. The quantitative estimate of drug-likeness (QED) is 0.154. The van der Waals surface area contributed by atoms with Crippen molar-refractivity contribution in [3.63, 3.8) is 0 Å². The second-order valence-electron chi connectivity index (χ2n) is 15.6. The Morgan fingerprint density at radius 3 is 2.02 bits per heavy atom. The van der Waals surface area contributed by atoms with Gasteiger partial charge in [-0.1, -0.05) is 121 Å². The maximum atomic E-state index is 2.52. The number of benzene rings is 6. The van der Waals surface area contributed by atoms with Crippen molar-refractivity contribution in [1.82, 2.24) is 4.57 Å². The van der Waals surface area contributed by atoms with Crippen LogP contribution in [0.25, 0.3) is 28.8 Å². The van der Waals surface area contributed by atoms with Crippen molar-refractivity contribution in [2.45, 2.75) is 37.3 Å². The van der Waals surface area contributed by atoms with Gasteiger partial charge in [0.2, 0.25) is 0 Å². The third kappa shape index (κ3) is 5.83. The van der Waals surface area contributed by atoms with E-state index in [-0.39, 0.29) is 18.0 Å². The van der Waals surface area contributed by atoms with Gasteiger partial charge in [-0.2, -0.15) is 0 Å². The van der Waals surface area contributed by atoms with Crippen LogP contribution in [0.1, 0.15) is 30.7 Å². The van der Waals surface area contributed by atoms with Crippen LogP contribution in [0.3, 0.4) is 0 Å². The van der Waals surface area contributed by atoms with Crippen LogP contribution in [0, 0.1) is 0 Å². The topological polar surface area (TPSA) is 14.7 Å². The van der Waals surface area contributed by atoms with E-state index < -0.39 is 0 Å². The molecule has 0 amide bonds. The molecule has 0 radical (unpaired) electrons. The molecule has 6 aromatic carbocycles. The van der Waals surface area contributed by atoms with Crippen LogP contribution in [-0.4, -0.2) is 16.7 Å². The van der Waals surface area contributed by atoms with Gasteiger partial charge in [-0.15, -0.1) is 0 Å². The van der Waals surface area contributed by atoms with Gasteiger partial charge in [-0.3, -0.25) is 0 Å². The molecule has 4 aliphatic rings. The number of nitrogens with zero attached hydrogens (tertiary/aromatic N) is 4. The van der Waals surface area contributed by atoms with E-state index in [9.17, 15) is 0 Å². The Balaban J connectivity index is 0.995. The molecule has 58 heavy (non-hydrogen) atoms. The predicted molar refractivity (Wildman–Crippen MR) is 244 cm³/mol.